The van der Waals surface area contributed by atoms with Gasteiger partial charge in [0, 0.05) is 5.56 Å². The van der Waals surface area contributed by atoms with Gasteiger partial charge in [0.1, 0.15) is 17.5 Å². The van der Waals surface area contributed by atoms with Crippen molar-refractivity contribution in [1.82, 2.24) is 4.57 Å². The van der Waals surface area contributed by atoms with Gasteiger partial charge in [-0.2, -0.15) is 0 Å². The van der Waals surface area contributed by atoms with E-state index >= 15 is 0 Å². The molecule has 0 saturated heterocycles. The number of Topliss-reactive ketones (excluding diaryl/α,β-unsaturated/α-hetero) is 1. The van der Waals surface area contributed by atoms with Crippen LogP contribution in [0.25, 0.3) is 6.08 Å². The highest BCUT2D eigenvalue weighted by Crippen LogP contribution is 2.47. The second-order valence-corrected chi connectivity index (χ2v) is 9.03. The fourth-order valence-corrected chi connectivity index (χ4v) is 5.75. The van der Waals surface area contributed by atoms with Gasteiger partial charge in [-0.1, -0.05) is 35.6 Å². The van der Waals surface area contributed by atoms with Gasteiger partial charge in [-0.05, 0) is 43.7 Å². The molecule has 7 nitrogen and oxygen atoms in total. The van der Waals surface area contributed by atoms with E-state index in [1.54, 1.807) is 30.9 Å². The van der Waals surface area contributed by atoms with E-state index in [1.165, 1.54) is 18.3 Å². The lowest BCUT2D eigenvalue weighted by Crippen LogP contribution is -2.58. The van der Waals surface area contributed by atoms with Crippen LogP contribution in [0.15, 0.2) is 52.3 Å². The Labute approximate surface area is 188 Å². The standard InChI is InChI=1S/C24H22N2O5S/c1-13(27)20-21-15-7-5-6-8-16(15)31-24(20,2)25-23-26(21)22(28)19(32-23)12-14-9-10-17(29-3)18(11-14)30-4/h5-12,20-21H,1-4H3/b19-12-/t20-,21-,24-/m0/s1. The van der Waals surface area contributed by atoms with Crippen LogP contribution in [-0.2, 0) is 4.79 Å². The first-order valence-corrected chi connectivity index (χ1v) is 11.0. The van der Waals surface area contributed by atoms with Gasteiger partial charge >= 0.3 is 0 Å². The van der Waals surface area contributed by atoms with E-state index in [9.17, 15) is 9.59 Å². The summed E-state index contributed by atoms with van der Waals surface area (Å²) in [6, 6.07) is 12.5. The molecular weight excluding hydrogens is 428 g/mol. The Bertz CT molecular complexity index is 1420. The van der Waals surface area contributed by atoms with Gasteiger partial charge < -0.3 is 14.2 Å². The van der Waals surface area contributed by atoms with Crippen molar-refractivity contribution in [1.29, 1.82) is 0 Å². The minimum absolute atomic E-state index is 0.0649. The third-order valence-corrected chi connectivity index (χ3v) is 7.01. The molecule has 2 aliphatic rings. The molecule has 32 heavy (non-hydrogen) atoms. The second-order valence-electron chi connectivity index (χ2n) is 8.02. The Kier molecular flexibility index (Phi) is 4.70. The van der Waals surface area contributed by atoms with E-state index in [-0.39, 0.29) is 11.3 Å². The Morgan fingerprint density at radius 3 is 2.66 bits per heavy atom. The number of ether oxygens (including phenoxy) is 3. The zero-order chi connectivity index (χ0) is 22.6. The molecule has 3 atom stereocenters. The molecule has 2 aliphatic heterocycles. The number of fused-ring (bicyclic) bond motifs is 6. The van der Waals surface area contributed by atoms with Gasteiger partial charge in [-0.15, -0.1) is 0 Å². The lowest BCUT2D eigenvalue weighted by atomic mass is 9.79. The summed E-state index contributed by atoms with van der Waals surface area (Å²) in [6.07, 6.45) is 1.80. The molecule has 0 radical (unpaired) electrons. The van der Waals surface area contributed by atoms with Crippen molar-refractivity contribution in [2.24, 2.45) is 10.9 Å². The highest BCUT2D eigenvalue weighted by molar-refractivity contribution is 7.07. The number of para-hydroxylation sites is 1. The van der Waals surface area contributed by atoms with Gasteiger partial charge in [0.05, 0.1) is 24.8 Å². The lowest BCUT2D eigenvalue weighted by Gasteiger charge is -2.45. The molecule has 2 bridgehead atoms. The molecule has 164 valence electrons. The summed E-state index contributed by atoms with van der Waals surface area (Å²) in [5.74, 6) is 1.18. The number of aromatic nitrogens is 1. The number of methoxy groups -OCH3 is 2. The van der Waals surface area contributed by atoms with Crippen molar-refractivity contribution in [3.05, 3.63) is 73.3 Å². The first kappa shape index (κ1) is 20.5. The molecule has 0 saturated carbocycles. The third kappa shape index (κ3) is 2.97. The quantitative estimate of drug-likeness (QED) is 0.610. The summed E-state index contributed by atoms with van der Waals surface area (Å²) in [5.41, 5.74) is 0.369. The average molecular weight is 451 g/mol. The Balaban J connectivity index is 1.75. The van der Waals surface area contributed by atoms with E-state index in [4.69, 9.17) is 19.2 Å². The van der Waals surface area contributed by atoms with Crippen molar-refractivity contribution in [2.75, 3.05) is 14.2 Å². The largest absolute Gasteiger partial charge is 0.493 e. The normalized spacial score (nSPS) is 23.4. The summed E-state index contributed by atoms with van der Waals surface area (Å²) in [6.45, 7) is 3.34. The Morgan fingerprint density at radius 1 is 1.19 bits per heavy atom. The topological polar surface area (TPSA) is 79.1 Å². The molecule has 0 amide bonds. The molecule has 0 unspecified atom stereocenters. The number of carbonyl (C=O) groups is 1. The van der Waals surface area contributed by atoms with E-state index in [0.717, 1.165) is 11.1 Å². The first-order valence-electron chi connectivity index (χ1n) is 10.2. The predicted molar refractivity (Wildman–Crippen MR) is 120 cm³/mol. The van der Waals surface area contributed by atoms with Crippen LogP contribution in [0.4, 0.5) is 0 Å². The number of rotatable bonds is 4. The van der Waals surface area contributed by atoms with Crippen LogP contribution in [0, 0.1) is 5.92 Å². The molecule has 0 N–H and O–H groups in total. The summed E-state index contributed by atoms with van der Waals surface area (Å²) in [7, 11) is 3.14. The Hall–Kier alpha value is -3.39. The van der Waals surface area contributed by atoms with Crippen LogP contribution in [0.2, 0.25) is 0 Å². The number of ketones is 1. The van der Waals surface area contributed by atoms with Crippen LogP contribution in [0.1, 0.15) is 31.0 Å². The maximum atomic E-state index is 13.6. The minimum atomic E-state index is -1.07. The zero-order valence-electron chi connectivity index (χ0n) is 18.1. The van der Waals surface area contributed by atoms with Crippen LogP contribution in [-0.4, -0.2) is 30.3 Å². The minimum Gasteiger partial charge on any atom is -0.493 e. The smallest absolute Gasteiger partial charge is 0.270 e. The maximum Gasteiger partial charge on any atom is 0.270 e. The fourth-order valence-electron chi connectivity index (χ4n) is 4.65. The van der Waals surface area contributed by atoms with E-state index in [2.05, 4.69) is 0 Å². The molecule has 0 aliphatic carbocycles. The molecule has 3 aromatic rings. The zero-order valence-corrected chi connectivity index (χ0v) is 18.9. The highest BCUT2D eigenvalue weighted by atomic mass is 32.1. The van der Waals surface area contributed by atoms with E-state index in [1.807, 2.05) is 43.3 Å². The van der Waals surface area contributed by atoms with Crippen LogP contribution >= 0.6 is 11.3 Å². The summed E-state index contributed by atoms with van der Waals surface area (Å²) < 4.78 is 19.0. The number of hydrogen-bond acceptors (Lipinski definition) is 7. The molecule has 0 spiro atoms. The second kappa shape index (κ2) is 7.34. The van der Waals surface area contributed by atoms with Crippen molar-refractivity contribution < 1.29 is 19.0 Å². The van der Waals surface area contributed by atoms with Gasteiger partial charge in [-0.3, -0.25) is 14.2 Å². The number of carbonyl (C=O) groups excluding carboxylic acids is 1. The summed E-state index contributed by atoms with van der Waals surface area (Å²) in [4.78, 5) is 31.5. The van der Waals surface area contributed by atoms with E-state index < -0.39 is 17.7 Å². The molecule has 1 aromatic heterocycles. The molecule has 0 fully saturated rings. The van der Waals surface area contributed by atoms with Crippen LogP contribution < -0.4 is 29.1 Å². The summed E-state index contributed by atoms with van der Waals surface area (Å²) in [5, 5.41) is 0. The predicted octanol–water partition coefficient (Wildman–Crippen LogP) is 2.29. The van der Waals surface area contributed by atoms with Gasteiger partial charge in [0.15, 0.2) is 16.3 Å². The van der Waals surface area contributed by atoms with Crippen LogP contribution in [0.3, 0.4) is 0 Å². The van der Waals surface area contributed by atoms with Gasteiger partial charge in [0.2, 0.25) is 5.72 Å². The summed E-state index contributed by atoms with van der Waals surface area (Å²) >= 11 is 1.29. The molecule has 8 heteroatoms. The molecule has 3 heterocycles. The molecular formula is C24H22N2O5S. The van der Waals surface area contributed by atoms with Crippen molar-refractivity contribution in [2.45, 2.75) is 25.6 Å². The van der Waals surface area contributed by atoms with Crippen molar-refractivity contribution >= 4 is 23.2 Å². The van der Waals surface area contributed by atoms with Gasteiger partial charge in [-0.25, -0.2) is 4.99 Å². The van der Waals surface area contributed by atoms with Crippen molar-refractivity contribution in [3.8, 4) is 17.2 Å². The van der Waals surface area contributed by atoms with E-state index in [0.29, 0.717) is 26.6 Å². The Morgan fingerprint density at radius 2 is 1.94 bits per heavy atom. The van der Waals surface area contributed by atoms with Crippen LogP contribution in [0.5, 0.6) is 17.2 Å². The SMILES string of the molecule is COc1ccc(/C=c2\sc3n(c2=O)[C@H]2c4ccccc4O[C@](C)(N=3)[C@H]2C(C)=O)cc1OC. The molecule has 2 aromatic carbocycles. The highest BCUT2D eigenvalue weighted by Gasteiger charge is 2.53. The molecule has 5 rings (SSSR count). The lowest BCUT2D eigenvalue weighted by molar-refractivity contribution is -0.132. The third-order valence-electron chi connectivity index (χ3n) is 6.02. The average Bonchev–Trinajstić information content (AvgIpc) is 3.06. The number of thiazole rings is 1. The monoisotopic (exact) mass is 450 g/mol. The maximum absolute atomic E-state index is 13.6. The fraction of sp³-hybridized carbons (Fsp3) is 0.292. The number of benzene rings is 2. The first-order chi connectivity index (χ1) is 15.4. The van der Waals surface area contributed by atoms with Crippen molar-refractivity contribution in [3.63, 3.8) is 0 Å². The number of hydrogen-bond donors (Lipinski definition) is 0. The van der Waals surface area contributed by atoms with Gasteiger partial charge in [0.25, 0.3) is 5.56 Å². The number of nitrogens with zero attached hydrogens (tertiary/aromatic N) is 2.